The standard InChI is InChI=1S/C12H11NO3/c1-2-11(14)13-10(12(15)16)8-9-6-4-3-5-7-9/h1,3-7,10H,8H2,(H,13,14)(H,15,16). The number of aliphatic carboxylic acids is 1. The largest absolute Gasteiger partial charge is 0.480 e. The minimum absolute atomic E-state index is 0.212. The van der Waals surface area contributed by atoms with Gasteiger partial charge in [-0.3, -0.25) is 4.79 Å². The van der Waals surface area contributed by atoms with E-state index in [-0.39, 0.29) is 6.42 Å². The van der Waals surface area contributed by atoms with Crippen LogP contribution in [-0.2, 0) is 16.0 Å². The van der Waals surface area contributed by atoms with E-state index in [1.807, 2.05) is 12.0 Å². The van der Waals surface area contributed by atoms with E-state index >= 15 is 0 Å². The van der Waals surface area contributed by atoms with Crippen LogP contribution in [0.1, 0.15) is 5.56 Å². The van der Waals surface area contributed by atoms with Crippen LogP contribution in [0.3, 0.4) is 0 Å². The summed E-state index contributed by atoms with van der Waals surface area (Å²) in [4.78, 5) is 21.8. The Labute approximate surface area is 93.3 Å². The zero-order valence-electron chi connectivity index (χ0n) is 8.51. The van der Waals surface area contributed by atoms with E-state index in [0.29, 0.717) is 0 Å². The number of amides is 1. The van der Waals surface area contributed by atoms with Crippen LogP contribution in [0, 0.1) is 12.3 Å². The van der Waals surface area contributed by atoms with Crippen molar-refractivity contribution in [2.24, 2.45) is 0 Å². The number of hydrogen-bond acceptors (Lipinski definition) is 2. The summed E-state index contributed by atoms with van der Waals surface area (Å²) in [6, 6.07) is 8.02. The molecule has 1 atom stereocenters. The van der Waals surface area contributed by atoms with E-state index in [9.17, 15) is 9.59 Å². The van der Waals surface area contributed by atoms with E-state index < -0.39 is 17.9 Å². The second-order valence-electron chi connectivity index (χ2n) is 3.20. The monoisotopic (exact) mass is 217 g/mol. The molecule has 0 aliphatic heterocycles. The number of carboxylic acid groups (broad SMARTS) is 1. The number of hydrogen-bond donors (Lipinski definition) is 2. The number of nitrogens with one attached hydrogen (secondary N) is 1. The lowest BCUT2D eigenvalue weighted by Crippen LogP contribution is -2.41. The van der Waals surface area contributed by atoms with Gasteiger partial charge in [0.15, 0.2) is 0 Å². The van der Waals surface area contributed by atoms with Crippen LogP contribution < -0.4 is 5.32 Å². The fourth-order valence-electron chi connectivity index (χ4n) is 1.25. The average Bonchev–Trinajstić information content (AvgIpc) is 2.29. The second-order valence-corrected chi connectivity index (χ2v) is 3.20. The third-order valence-corrected chi connectivity index (χ3v) is 2.02. The van der Waals surface area contributed by atoms with Crippen LogP contribution in [0.25, 0.3) is 0 Å². The SMILES string of the molecule is C#CC(=O)NC(Cc1ccccc1)C(=O)O. The van der Waals surface area contributed by atoms with Crippen molar-refractivity contribution in [2.75, 3.05) is 0 Å². The molecule has 0 spiro atoms. The summed E-state index contributed by atoms with van der Waals surface area (Å²) >= 11 is 0. The molecule has 1 aromatic carbocycles. The van der Waals surface area contributed by atoms with Gasteiger partial charge in [0, 0.05) is 6.42 Å². The van der Waals surface area contributed by atoms with Crippen LogP contribution >= 0.6 is 0 Å². The number of carbonyl (C=O) groups is 2. The van der Waals surface area contributed by atoms with Gasteiger partial charge in [-0.25, -0.2) is 4.79 Å². The molecule has 1 rings (SSSR count). The molecule has 0 saturated heterocycles. The summed E-state index contributed by atoms with van der Waals surface area (Å²) in [7, 11) is 0. The fraction of sp³-hybridized carbons (Fsp3) is 0.167. The molecular weight excluding hydrogens is 206 g/mol. The van der Waals surface area contributed by atoms with Gasteiger partial charge in [-0.15, -0.1) is 6.42 Å². The number of benzene rings is 1. The number of terminal acetylenes is 1. The van der Waals surface area contributed by atoms with Gasteiger partial charge in [0.2, 0.25) is 0 Å². The molecule has 1 unspecified atom stereocenters. The first-order valence-electron chi connectivity index (χ1n) is 4.67. The highest BCUT2D eigenvalue weighted by molar-refractivity contribution is 5.95. The van der Waals surface area contributed by atoms with Crippen LogP contribution in [0.15, 0.2) is 30.3 Å². The van der Waals surface area contributed by atoms with E-state index in [0.717, 1.165) is 5.56 Å². The van der Waals surface area contributed by atoms with E-state index in [2.05, 4.69) is 5.32 Å². The highest BCUT2D eigenvalue weighted by Gasteiger charge is 2.19. The Hall–Kier alpha value is -2.28. The molecule has 0 heterocycles. The maximum absolute atomic E-state index is 10.9. The molecule has 0 aliphatic rings. The van der Waals surface area contributed by atoms with Crippen molar-refractivity contribution >= 4 is 11.9 Å². The second kappa shape index (κ2) is 5.56. The number of carbonyl (C=O) groups excluding carboxylic acids is 1. The van der Waals surface area contributed by atoms with Crippen LogP contribution in [0.5, 0.6) is 0 Å². The van der Waals surface area contributed by atoms with Gasteiger partial charge in [0.05, 0.1) is 0 Å². The quantitative estimate of drug-likeness (QED) is 0.719. The Kier molecular flexibility index (Phi) is 4.10. The van der Waals surface area contributed by atoms with Gasteiger partial charge < -0.3 is 10.4 Å². The summed E-state index contributed by atoms with van der Waals surface area (Å²) in [5.41, 5.74) is 0.826. The lowest BCUT2D eigenvalue weighted by molar-refractivity contribution is -0.141. The Morgan fingerprint density at radius 1 is 1.38 bits per heavy atom. The summed E-state index contributed by atoms with van der Waals surface area (Å²) in [6.07, 6.45) is 5.07. The molecule has 0 aliphatic carbocycles. The maximum atomic E-state index is 10.9. The molecule has 4 nitrogen and oxygen atoms in total. The third-order valence-electron chi connectivity index (χ3n) is 2.02. The third kappa shape index (κ3) is 3.46. The molecule has 16 heavy (non-hydrogen) atoms. The van der Waals surface area contributed by atoms with Crippen LogP contribution in [-0.4, -0.2) is 23.0 Å². The van der Waals surface area contributed by atoms with E-state index in [4.69, 9.17) is 11.5 Å². The van der Waals surface area contributed by atoms with Crippen LogP contribution in [0.2, 0.25) is 0 Å². The average molecular weight is 217 g/mol. The molecule has 82 valence electrons. The molecular formula is C12H11NO3. The molecule has 0 aromatic heterocycles. The molecule has 0 radical (unpaired) electrons. The lowest BCUT2D eigenvalue weighted by Gasteiger charge is -2.12. The molecule has 0 fully saturated rings. The van der Waals surface area contributed by atoms with Crippen molar-refractivity contribution in [3.8, 4) is 12.3 Å². The van der Waals surface area contributed by atoms with Gasteiger partial charge >= 0.3 is 5.97 Å². The minimum Gasteiger partial charge on any atom is -0.480 e. The van der Waals surface area contributed by atoms with Gasteiger partial charge in [0.25, 0.3) is 5.91 Å². The Morgan fingerprint density at radius 2 is 2.00 bits per heavy atom. The van der Waals surface area contributed by atoms with Gasteiger partial charge in [-0.05, 0) is 11.5 Å². The van der Waals surface area contributed by atoms with Crippen LogP contribution in [0.4, 0.5) is 0 Å². The van der Waals surface area contributed by atoms with Gasteiger partial charge in [-0.1, -0.05) is 30.3 Å². The topological polar surface area (TPSA) is 66.4 Å². The van der Waals surface area contributed by atoms with Crippen molar-refractivity contribution in [3.05, 3.63) is 35.9 Å². The van der Waals surface area contributed by atoms with Gasteiger partial charge in [0.1, 0.15) is 6.04 Å². The van der Waals surface area contributed by atoms with Crippen molar-refractivity contribution in [3.63, 3.8) is 0 Å². The fourth-order valence-corrected chi connectivity index (χ4v) is 1.25. The first kappa shape index (κ1) is 11.8. The highest BCUT2D eigenvalue weighted by atomic mass is 16.4. The minimum atomic E-state index is -1.10. The molecule has 4 heteroatoms. The molecule has 2 N–H and O–H groups in total. The van der Waals surface area contributed by atoms with Gasteiger partial charge in [-0.2, -0.15) is 0 Å². The molecule has 0 saturated carbocycles. The lowest BCUT2D eigenvalue weighted by atomic mass is 10.1. The van der Waals surface area contributed by atoms with Crippen molar-refractivity contribution in [1.29, 1.82) is 0 Å². The first-order chi connectivity index (χ1) is 7.63. The Bertz CT molecular complexity index is 420. The highest BCUT2D eigenvalue weighted by Crippen LogP contribution is 2.03. The molecule has 0 bridgehead atoms. The Morgan fingerprint density at radius 3 is 2.50 bits per heavy atom. The first-order valence-corrected chi connectivity index (χ1v) is 4.67. The van der Waals surface area contributed by atoms with Crippen molar-refractivity contribution in [1.82, 2.24) is 5.32 Å². The predicted molar refractivity (Wildman–Crippen MR) is 58.5 cm³/mol. The zero-order chi connectivity index (χ0) is 12.0. The normalized spacial score (nSPS) is 11.2. The zero-order valence-corrected chi connectivity index (χ0v) is 8.51. The van der Waals surface area contributed by atoms with E-state index in [1.54, 1.807) is 24.3 Å². The Balaban J connectivity index is 2.70. The summed E-state index contributed by atoms with van der Waals surface area (Å²) < 4.78 is 0. The predicted octanol–water partition coefficient (Wildman–Crippen LogP) is 0.432. The molecule has 1 amide bonds. The van der Waals surface area contributed by atoms with Crippen molar-refractivity contribution < 1.29 is 14.7 Å². The van der Waals surface area contributed by atoms with E-state index in [1.165, 1.54) is 0 Å². The smallest absolute Gasteiger partial charge is 0.326 e. The molecule has 1 aromatic rings. The summed E-state index contributed by atoms with van der Waals surface area (Å²) in [6.45, 7) is 0. The number of rotatable bonds is 4. The summed E-state index contributed by atoms with van der Waals surface area (Å²) in [5.74, 6) is -0.000633. The maximum Gasteiger partial charge on any atom is 0.326 e. The number of carboxylic acids is 1. The van der Waals surface area contributed by atoms with Crippen molar-refractivity contribution in [2.45, 2.75) is 12.5 Å². The summed E-state index contributed by atoms with van der Waals surface area (Å²) in [5, 5.41) is 11.1.